The molecule has 0 aliphatic carbocycles. The summed E-state index contributed by atoms with van der Waals surface area (Å²) >= 11 is 3.25. The fourth-order valence-electron chi connectivity index (χ4n) is 1.21. The second-order valence-corrected chi connectivity index (χ2v) is 3.79. The summed E-state index contributed by atoms with van der Waals surface area (Å²) in [5.41, 5.74) is 2.07. The molecule has 0 bridgehead atoms. The van der Waals surface area contributed by atoms with Crippen LogP contribution in [-0.2, 0) is 11.2 Å². The van der Waals surface area contributed by atoms with Gasteiger partial charge in [-0.1, -0.05) is 15.9 Å². The number of hydrogen-bond acceptors (Lipinski definition) is 2. The molecular weight excluding hydrogens is 246 g/mol. The zero-order valence-corrected chi connectivity index (χ0v) is 9.13. The van der Waals surface area contributed by atoms with E-state index >= 15 is 0 Å². The maximum atomic E-state index is 10.5. The number of aryl methyl sites for hydroxylation is 1. The van der Waals surface area contributed by atoms with Gasteiger partial charge in [-0.2, -0.15) is 5.26 Å². The van der Waals surface area contributed by atoms with E-state index in [0.29, 0.717) is 10.0 Å². The van der Waals surface area contributed by atoms with Gasteiger partial charge in [0.1, 0.15) is 0 Å². The van der Waals surface area contributed by atoms with Gasteiger partial charge in [-0.25, -0.2) is 0 Å². The minimum Gasteiger partial charge on any atom is -0.481 e. The predicted octanol–water partition coefficient (Wildman–Crippen LogP) is 2.26. The third kappa shape index (κ3) is 2.33. The van der Waals surface area contributed by atoms with Gasteiger partial charge in [-0.05, 0) is 30.2 Å². The van der Waals surface area contributed by atoms with Crippen molar-refractivity contribution in [2.24, 2.45) is 0 Å². The smallest absolute Gasteiger partial charge is 0.307 e. The van der Waals surface area contributed by atoms with E-state index in [1.54, 1.807) is 19.1 Å². The molecule has 1 N–H and O–H groups in total. The molecule has 0 amide bonds. The average Bonchev–Trinajstić information content (AvgIpc) is 2.10. The molecule has 0 spiro atoms. The molecule has 0 heterocycles. The number of carboxylic acid groups (broad SMARTS) is 1. The molecule has 1 aromatic carbocycles. The van der Waals surface area contributed by atoms with Crippen molar-refractivity contribution in [3.05, 3.63) is 33.3 Å². The summed E-state index contributed by atoms with van der Waals surface area (Å²) in [4.78, 5) is 10.5. The van der Waals surface area contributed by atoms with Crippen molar-refractivity contribution >= 4 is 21.9 Å². The first-order chi connectivity index (χ1) is 6.54. The minimum atomic E-state index is -0.876. The Balaban J connectivity index is 3.19. The molecule has 0 radical (unpaired) electrons. The molecule has 3 nitrogen and oxygen atoms in total. The van der Waals surface area contributed by atoms with E-state index in [1.807, 2.05) is 6.07 Å². The number of carbonyl (C=O) groups is 1. The van der Waals surface area contributed by atoms with E-state index in [1.165, 1.54) is 0 Å². The number of hydrogen-bond donors (Lipinski definition) is 1. The molecular formula is C10H8BrNO2. The fraction of sp³-hybridized carbons (Fsp3) is 0.200. The first-order valence-corrected chi connectivity index (χ1v) is 4.75. The molecule has 4 heteroatoms. The van der Waals surface area contributed by atoms with Crippen LogP contribution in [0, 0.1) is 18.3 Å². The lowest BCUT2D eigenvalue weighted by Gasteiger charge is -2.06. The summed E-state index contributed by atoms with van der Waals surface area (Å²) in [5, 5.41) is 17.3. The van der Waals surface area contributed by atoms with Gasteiger partial charge in [0.2, 0.25) is 0 Å². The molecule has 0 atom stereocenters. The van der Waals surface area contributed by atoms with E-state index < -0.39 is 5.97 Å². The van der Waals surface area contributed by atoms with E-state index in [-0.39, 0.29) is 6.42 Å². The Labute approximate surface area is 90.1 Å². The van der Waals surface area contributed by atoms with Crippen molar-refractivity contribution in [2.45, 2.75) is 13.3 Å². The number of aliphatic carboxylic acids is 1. The fourth-order valence-corrected chi connectivity index (χ4v) is 1.91. The standard InChI is InChI=1S/C10H8BrNO2/c1-6-2-7(5-12)3-9(11)8(6)4-10(13)14/h2-3H,4H2,1H3,(H,13,14). The molecule has 72 valence electrons. The van der Waals surface area contributed by atoms with Crippen LogP contribution < -0.4 is 0 Å². The van der Waals surface area contributed by atoms with Crippen LogP contribution in [0.25, 0.3) is 0 Å². The van der Waals surface area contributed by atoms with Gasteiger partial charge in [0.25, 0.3) is 0 Å². The quantitative estimate of drug-likeness (QED) is 0.880. The Morgan fingerprint density at radius 1 is 1.64 bits per heavy atom. The largest absolute Gasteiger partial charge is 0.481 e. The lowest BCUT2D eigenvalue weighted by Crippen LogP contribution is -2.03. The topological polar surface area (TPSA) is 61.1 Å². The second-order valence-electron chi connectivity index (χ2n) is 2.94. The zero-order valence-electron chi connectivity index (χ0n) is 7.54. The highest BCUT2D eigenvalue weighted by Gasteiger charge is 2.09. The zero-order chi connectivity index (χ0) is 10.7. The Morgan fingerprint density at radius 2 is 2.29 bits per heavy atom. The Hall–Kier alpha value is -1.34. The van der Waals surface area contributed by atoms with Crippen LogP contribution in [0.2, 0.25) is 0 Å². The number of nitrogens with zero attached hydrogens (tertiary/aromatic N) is 1. The van der Waals surface area contributed by atoms with Crippen LogP contribution >= 0.6 is 15.9 Å². The molecule has 0 unspecified atom stereocenters. The number of benzene rings is 1. The van der Waals surface area contributed by atoms with Crippen molar-refractivity contribution in [3.8, 4) is 6.07 Å². The summed E-state index contributed by atoms with van der Waals surface area (Å²) in [6, 6.07) is 5.33. The van der Waals surface area contributed by atoms with Crippen molar-refractivity contribution in [1.29, 1.82) is 5.26 Å². The van der Waals surface area contributed by atoms with Crippen molar-refractivity contribution in [2.75, 3.05) is 0 Å². The summed E-state index contributed by atoms with van der Waals surface area (Å²) in [6.45, 7) is 1.80. The lowest BCUT2D eigenvalue weighted by molar-refractivity contribution is -0.136. The maximum Gasteiger partial charge on any atom is 0.307 e. The third-order valence-electron chi connectivity index (χ3n) is 1.88. The van der Waals surface area contributed by atoms with E-state index in [4.69, 9.17) is 10.4 Å². The van der Waals surface area contributed by atoms with Crippen LogP contribution in [0.5, 0.6) is 0 Å². The number of carboxylic acids is 1. The van der Waals surface area contributed by atoms with Crippen LogP contribution in [0.3, 0.4) is 0 Å². The number of halogens is 1. The van der Waals surface area contributed by atoms with Crippen LogP contribution in [0.4, 0.5) is 0 Å². The SMILES string of the molecule is Cc1cc(C#N)cc(Br)c1CC(=O)O. The van der Waals surface area contributed by atoms with Gasteiger partial charge in [0.05, 0.1) is 18.1 Å². The summed E-state index contributed by atoms with van der Waals surface area (Å²) in [5.74, 6) is -0.876. The summed E-state index contributed by atoms with van der Waals surface area (Å²) < 4.78 is 0.677. The van der Waals surface area contributed by atoms with Gasteiger partial charge in [-0.3, -0.25) is 4.79 Å². The van der Waals surface area contributed by atoms with Crippen molar-refractivity contribution in [3.63, 3.8) is 0 Å². The highest BCUT2D eigenvalue weighted by atomic mass is 79.9. The molecule has 1 rings (SSSR count). The summed E-state index contributed by atoms with van der Waals surface area (Å²) in [6.07, 6.45) is -0.0296. The molecule has 0 aliphatic heterocycles. The Bertz CT molecular complexity index is 398. The maximum absolute atomic E-state index is 10.5. The normalized spacial score (nSPS) is 9.50. The van der Waals surface area contributed by atoms with Gasteiger partial charge < -0.3 is 5.11 Å². The molecule has 0 fully saturated rings. The number of rotatable bonds is 2. The van der Waals surface area contributed by atoms with E-state index in [9.17, 15) is 4.79 Å². The van der Waals surface area contributed by atoms with Crippen LogP contribution in [0.15, 0.2) is 16.6 Å². The monoisotopic (exact) mass is 253 g/mol. The minimum absolute atomic E-state index is 0.0296. The van der Waals surface area contributed by atoms with Crippen molar-refractivity contribution < 1.29 is 9.90 Å². The molecule has 14 heavy (non-hydrogen) atoms. The molecule has 0 aromatic heterocycles. The number of nitriles is 1. The highest BCUT2D eigenvalue weighted by molar-refractivity contribution is 9.10. The second kappa shape index (κ2) is 4.25. The third-order valence-corrected chi connectivity index (χ3v) is 2.58. The van der Waals surface area contributed by atoms with Gasteiger partial charge in [-0.15, -0.1) is 0 Å². The van der Waals surface area contributed by atoms with Gasteiger partial charge >= 0.3 is 5.97 Å². The van der Waals surface area contributed by atoms with E-state index in [0.717, 1.165) is 11.1 Å². The molecule has 0 aliphatic rings. The lowest BCUT2D eigenvalue weighted by atomic mass is 10.0. The predicted molar refractivity (Wildman–Crippen MR) is 54.9 cm³/mol. The van der Waals surface area contributed by atoms with Crippen LogP contribution in [0.1, 0.15) is 16.7 Å². The van der Waals surface area contributed by atoms with E-state index in [2.05, 4.69) is 15.9 Å². The van der Waals surface area contributed by atoms with Crippen molar-refractivity contribution in [1.82, 2.24) is 0 Å². The van der Waals surface area contributed by atoms with Gasteiger partial charge in [0.15, 0.2) is 0 Å². The molecule has 0 saturated carbocycles. The Kier molecular flexibility index (Phi) is 3.26. The first-order valence-electron chi connectivity index (χ1n) is 3.95. The molecule has 1 aromatic rings. The first kappa shape index (κ1) is 10.7. The van der Waals surface area contributed by atoms with Gasteiger partial charge in [0, 0.05) is 4.47 Å². The average molecular weight is 254 g/mol. The summed E-state index contributed by atoms with van der Waals surface area (Å²) in [7, 11) is 0. The van der Waals surface area contributed by atoms with Crippen LogP contribution in [-0.4, -0.2) is 11.1 Å². The Morgan fingerprint density at radius 3 is 2.71 bits per heavy atom. The molecule has 0 saturated heterocycles. The highest BCUT2D eigenvalue weighted by Crippen LogP contribution is 2.22.